The normalized spacial score (nSPS) is 12.3. The standard InChI is InChI=1S/C13H19NS2/c1-10(2)11(3)15-9-13-7-12(8-16-13)5-4-6-14/h7-8,10-11H,6,9,14H2,1-3H3. The molecule has 1 unspecified atom stereocenters. The molecule has 0 saturated heterocycles. The quantitative estimate of drug-likeness (QED) is 0.833. The first kappa shape index (κ1) is 13.6. The summed E-state index contributed by atoms with van der Waals surface area (Å²) in [6.45, 7) is 7.26. The molecule has 0 saturated carbocycles. The second-order valence-electron chi connectivity index (χ2n) is 4.07. The summed E-state index contributed by atoms with van der Waals surface area (Å²) in [4.78, 5) is 1.40. The number of thiophene rings is 1. The van der Waals surface area contributed by atoms with Gasteiger partial charge in [-0.15, -0.1) is 11.3 Å². The van der Waals surface area contributed by atoms with Crippen LogP contribution in [0, 0.1) is 17.8 Å². The third-order valence-corrected chi connectivity index (χ3v) is 5.08. The van der Waals surface area contributed by atoms with Crippen LogP contribution in [0.4, 0.5) is 0 Å². The van der Waals surface area contributed by atoms with E-state index in [1.54, 1.807) is 11.3 Å². The summed E-state index contributed by atoms with van der Waals surface area (Å²) in [6.07, 6.45) is 0. The summed E-state index contributed by atoms with van der Waals surface area (Å²) in [5.74, 6) is 7.77. The van der Waals surface area contributed by atoms with E-state index in [-0.39, 0.29) is 0 Å². The van der Waals surface area contributed by atoms with Crippen molar-refractivity contribution in [1.82, 2.24) is 0 Å². The average Bonchev–Trinajstić information content (AvgIpc) is 2.70. The third kappa shape index (κ3) is 4.61. The SMILES string of the molecule is CC(C)C(C)SCc1cc(C#CCN)cs1. The van der Waals surface area contributed by atoms with Crippen molar-refractivity contribution in [2.24, 2.45) is 11.7 Å². The lowest BCUT2D eigenvalue weighted by Gasteiger charge is -2.13. The van der Waals surface area contributed by atoms with E-state index in [2.05, 4.69) is 44.1 Å². The highest BCUT2D eigenvalue weighted by Crippen LogP contribution is 2.26. The molecule has 0 aliphatic rings. The molecule has 0 radical (unpaired) electrons. The molecule has 0 aliphatic heterocycles. The third-order valence-electron chi connectivity index (χ3n) is 2.42. The van der Waals surface area contributed by atoms with E-state index >= 15 is 0 Å². The van der Waals surface area contributed by atoms with Gasteiger partial charge in [0.1, 0.15) is 0 Å². The van der Waals surface area contributed by atoms with Gasteiger partial charge in [-0.25, -0.2) is 0 Å². The molecule has 1 heterocycles. The molecule has 3 heteroatoms. The van der Waals surface area contributed by atoms with Crippen LogP contribution >= 0.6 is 23.1 Å². The Morgan fingerprint density at radius 2 is 2.19 bits per heavy atom. The van der Waals surface area contributed by atoms with Crippen molar-refractivity contribution in [3.63, 3.8) is 0 Å². The summed E-state index contributed by atoms with van der Waals surface area (Å²) < 4.78 is 0. The van der Waals surface area contributed by atoms with Gasteiger partial charge in [-0.1, -0.05) is 32.6 Å². The molecular formula is C13H19NS2. The number of thioether (sulfide) groups is 1. The monoisotopic (exact) mass is 253 g/mol. The molecule has 16 heavy (non-hydrogen) atoms. The van der Waals surface area contributed by atoms with E-state index < -0.39 is 0 Å². The highest BCUT2D eigenvalue weighted by molar-refractivity contribution is 7.99. The minimum absolute atomic E-state index is 0.435. The fraction of sp³-hybridized carbons (Fsp3) is 0.538. The largest absolute Gasteiger partial charge is 0.320 e. The summed E-state index contributed by atoms with van der Waals surface area (Å²) in [6, 6.07) is 2.17. The van der Waals surface area contributed by atoms with E-state index in [9.17, 15) is 0 Å². The van der Waals surface area contributed by atoms with Gasteiger partial charge in [0.15, 0.2) is 0 Å². The van der Waals surface area contributed by atoms with Crippen LogP contribution in [0.1, 0.15) is 31.2 Å². The fourth-order valence-electron chi connectivity index (χ4n) is 1.08. The van der Waals surface area contributed by atoms with E-state index in [1.165, 1.54) is 4.88 Å². The van der Waals surface area contributed by atoms with Gasteiger partial charge in [-0.05, 0) is 12.0 Å². The molecule has 1 aromatic heterocycles. The second kappa shape index (κ2) is 7.01. The van der Waals surface area contributed by atoms with Gasteiger partial charge >= 0.3 is 0 Å². The van der Waals surface area contributed by atoms with Crippen LogP contribution in [0.25, 0.3) is 0 Å². The van der Waals surface area contributed by atoms with Gasteiger partial charge in [0.2, 0.25) is 0 Å². The van der Waals surface area contributed by atoms with Crippen molar-refractivity contribution in [2.75, 3.05) is 6.54 Å². The Balaban J connectivity index is 2.46. The van der Waals surface area contributed by atoms with Crippen molar-refractivity contribution in [1.29, 1.82) is 0 Å². The van der Waals surface area contributed by atoms with Crippen molar-refractivity contribution < 1.29 is 0 Å². The topological polar surface area (TPSA) is 26.0 Å². The Kier molecular flexibility index (Phi) is 5.97. The molecule has 0 aliphatic carbocycles. The van der Waals surface area contributed by atoms with Crippen molar-refractivity contribution >= 4 is 23.1 Å². The van der Waals surface area contributed by atoms with Crippen LogP contribution < -0.4 is 5.73 Å². The van der Waals surface area contributed by atoms with Gasteiger partial charge in [0, 0.05) is 26.8 Å². The number of hydrogen-bond donors (Lipinski definition) is 1. The lowest BCUT2D eigenvalue weighted by atomic mass is 10.2. The van der Waals surface area contributed by atoms with Crippen molar-refractivity contribution in [2.45, 2.75) is 31.8 Å². The second-order valence-corrected chi connectivity index (χ2v) is 6.43. The summed E-state index contributed by atoms with van der Waals surface area (Å²) >= 11 is 3.80. The van der Waals surface area contributed by atoms with Gasteiger partial charge in [0.05, 0.1) is 6.54 Å². The van der Waals surface area contributed by atoms with Crippen LogP contribution in [-0.4, -0.2) is 11.8 Å². The Morgan fingerprint density at radius 1 is 1.44 bits per heavy atom. The van der Waals surface area contributed by atoms with Crippen LogP contribution in [0.3, 0.4) is 0 Å². The zero-order valence-corrected chi connectivity index (χ0v) is 11.8. The maximum Gasteiger partial charge on any atom is 0.0555 e. The summed E-state index contributed by atoms with van der Waals surface area (Å²) in [7, 11) is 0. The molecule has 0 bridgehead atoms. The minimum Gasteiger partial charge on any atom is -0.320 e. The number of nitrogens with two attached hydrogens (primary N) is 1. The lowest BCUT2D eigenvalue weighted by Crippen LogP contribution is -2.05. The zero-order chi connectivity index (χ0) is 12.0. The maximum atomic E-state index is 5.34. The average molecular weight is 253 g/mol. The van der Waals surface area contributed by atoms with Gasteiger partial charge in [0.25, 0.3) is 0 Å². The van der Waals surface area contributed by atoms with E-state index in [1.807, 2.05) is 11.8 Å². The van der Waals surface area contributed by atoms with Crippen LogP contribution in [0.15, 0.2) is 11.4 Å². The van der Waals surface area contributed by atoms with Gasteiger partial charge < -0.3 is 5.73 Å². The molecule has 1 rings (SSSR count). The fourth-order valence-corrected chi connectivity index (χ4v) is 3.05. The summed E-state index contributed by atoms with van der Waals surface area (Å²) in [5, 5.41) is 2.82. The lowest BCUT2D eigenvalue weighted by molar-refractivity contribution is 0.642. The predicted molar refractivity (Wildman–Crippen MR) is 75.8 cm³/mol. The smallest absolute Gasteiger partial charge is 0.0555 e. The zero-order valence-electron chi connectivity index (χ0n) is 10.1. The molecule has 1 atom stereocenters. The molecule has 0 fully saturated rings. The highest BCUT2D eigenvalue weighted by Gasteiger charge is 2.08. The van der Waals surface area contributed by atoms with Crippen molar-refractivity contribution in [3.8, 4) is 11.8 Å². The van der Waals surface area contributed by atoms with Crippen molar-refractivity contribution in [3.05, 3.63) is 21.9 Å². The van der Waals surface area contributed by atoms with E-state index in [0.29, 0.717) is 11.8 Å². The predicted octanol–water partition coefficient (Wildman–Crippen LogP) is 3.34. The first-order chi connectivity index (χ1) is 7.63. The Morgan fingerprint density at radius 3 is 2.81 bits per heavy atom. The first-order valence-electron chi connectivity index (χ1n) is 5.51. The number of rotatable bonds is 4. The van der Waals surface area contributed by atoms with Crippen LogP contribution in [0.2, 0.25) is 0 Å². The summed E-state index contributed by atoms with van der Waals surface area (Å²) in [5.41, 5.74) is 6.44. The molecule has 1 nitrogen and oxygen atoms in total. The minimum atomic E-state index is 0.435. The highest BCUT2D eigenvalue weighted by atomic mass is 32.2. The maximum absolute atomic E-state index is 5.34. The molecule has 0 amide bonds. The van der Waals surface area contributed by atoms with Crippen LogP contribution in [-0.2, 0) is 5.75 Å². The molecule has 0 spiro atoms. The van der Waals surface area contributed by atoms with Gasteiger partial charge in [-0.2, -0.15) is 11.8 Å². The van der Waals surface area contributed by atoms with E-state index in [0.717, 1.165) is 17.2 Å². The molecule has 88 valence electrons. The van der Waals surface area contributed by atoms with Crippen LogP contribution in [0.5, 0.6) is 0 Å². The molecule has 0 aromatic carbocycles. The first-order valence-corrected chi connectivity index (χ1v) is 7.44. The molecule has 1 aromatic rings. The van der Waals surface area contributed by atoms with E-state index in [4.69, 9.17) is 5.73 Å². The van der Waals surface area contributed by atoms with Gasteiger partial charge in [-0.3, -0.25) is 0 Å². The Hall–Kier alpha value is -0.430. The molecular weight excluding hydrogens is 234 g/mol. The number of hydrogen-bond acceptors (Lipinski definition) is 3. The Labute approximate surface area is 107 Å². The molecule has 2 N–H and O–H groups in total. The Bertz CT molecular complexity index is 371.